The summed E-state index contributed by atoms with van der Waals surface area (Å²) in [5.41, 5.74) is 5.13. The zero-order valence-electron chi connectivity index (χ0n) is 15.8. The number of benzene rings is 1. The van der Waals surface area contributed by atoms with E-state index in [1.165, 1.54) is 0 Å². The first-order valence-electron chi connectivity index (χ1n) is 8.68. The van der Waals surface area contributed by atoms with E-state index in [4.69, 9.17) is 4.74 Å². The second-order valence-electron chi connectivity index (χ2n) is 8.46. The number of nitrogens with zero attached hydrogens (tertiary/aromatic N) is 1. The van der Waals surface area contributed by atoms with Gasteiger partial charge < -0.3 is 9.64 Å². The highest BCUT2D eigenvalue weighted by molar-refractivity contribution is 6.83. The summed E-state index contributed by atoms with van der Waals surface area (Å²) in [5, 5.41) is 0. The van der Waals surface area contributed by atoms with Crippen LogP contribution in [-0.2, 0) is 4.74 Å². The monoisotopic (exact) mass is 343 g/mol. The Morgan fingerprint density at radius 2 is 2.00 bits per heavy atom. The second kappa shape index (κ2) is 7.02. The van der Waals surface area contributed by atoms with Crippen LogP contribution in [-0.4, -0.2) is 31.2 Å². The molecule has 1 aromatic carbocycles. The first-order chi connectivity index (χ1) is 11.1. The lowest BCUT2D eigenvalue weighted by Crippen LogP contribution is -2.36. The Hall–Kier alpha value is -1.73. The molecule has 1 aromatic rings. The Morgan fingerprint density at radius 1 is 1.29 bits per heavy atom. The van der Waals surface area contributed by atoms with Crippen molar-refractivity contribution in [1.82, 2.24) is 4.90 Å². The third-order valence-electron chi connectivity index (χ3n) is 3.73. The van der Waals surface area contributed by atoms with E-state index in [1.807, 2.05) is 37.8 Å². The minimum absolute atomic E-state index is 0.0912. The first-order valence-corrected chi connectivity index (χ1v) is 12.2. The summed E-state index contributed by atoms with van der Waals surface area (Å²) in [4.78, 5) is 14.3. The molecule has 24 heavy (non-hydrogen) atoms. The van der Waals surface area contributed by atoms with Crippen LogP contribution in [0.25, 0.3) is 0 Å². The Bertz CT molecular complexity index is 659. The average molecular weight is 344 g/mol. The SMILES string of the molecule is CC(C)(C)OC(=O)N1CCCC1c1cccc(C#C[Si](C)(C)C)c1. The second-order valence-corrected chi connectivity index (χ2v) is 13.2. The molecule has 1 aliphatic heterocycles. The van der Waals surface area contributed by atoms with E-state index >= 15 is 0 Å². The highest BCUT2D eigenvalue weighted by atomic mass is 28.3. The van der Waals surface area contributed by atoms with E-state index in [-0.39, 0.29) is 12.1 Å². The van der Waals surface area contributed by atoms with Crippen molar-refractivity contribution in [3.63, 3.8) is 0 Å². The van der Waals surface area contributed by atoms with Crippen LogP contribution in [0.2, 0.25) is 19.6 Å². The molecule has 4 heteroatoms. The first kappa shape index (κ1) is 18.6. The number of carbonyl (C=O) groups is 1. The lowest BCUT2D eigenvalue weighted by Gasteiger charge is -2.29. The third kappa shape index (κ3) is 5.42. The number of hydrogen-bond acceptors (Lipinski definition) is 2. The van der Waals surface area contributed by atoms with Crippen LogP contribution in [0.1, 0.15) is 50.8 Å². The van der Waals surface area contributed by atoms with Crippen molar-refractivity contribution in [3.05, 3.63) is 35.4 Å². The van der Waals surface area contributed by atoms with Gasteiger partial charge in [-0.2, -0.15) is 0 Å². The summed E-state index contributed by atoms with van der Waals surface area (Å²) >= 11 is 0. The van der Waals surface area contributed by atoms with Gasteiger partial charge in [-0.25, -0.2) is 4.79 Å². The van der Waals surface area contributed by atoms with Crippen molar-refractivity contribution in [1.29, 1.82) is 0 Å². The van der Waals surface area contributed by atoms with Crippen LogP contribution in [0.5, 0.6) is 0 Å². The van der Waals surface area contributed by atoms with Gasteiger partial charge in [0, 0.05) is 12.1 Å². The summed E-state index contributed by atoms with van der Waals surface area (Å²) in [5.74, 6) is 3.31. The van der Waals surface area contributed by atoms with Gasteiger partial charge in [0.25, 0.3) is 0 Å². The quantitative estimate of drug-likeness (QED) is 0.531. The van der Waals surface area contributed by atoms with Gasteiger partial charge in [-0.05, 0) is 51.3 Å². The molecule has 1 saturated heterocycles. The Labute approximate surface area is 147 Å². The molecular formula is C20H29NO2Si. The van der Waals surface area contributed by atoms with Crippen LogP contribution < -0.4 is 0 Å². The summed E-state index contributed by atoms with van der Waals surface area (Å²) < 4.78 is 5.56. The fraction of sp³-hybridized carbons (Fsp3) is 0.550. The van der Waals surface area contributed by atoms with E-state index in [9.17, 15) is 4.79 Å². The van der Waals surface area contributed by atoms with Crippen LogP contribution in [0.3, 0.4) is 0 Å². The molecule has 0 saturated carbocycles. The van der Waals surface area contributed by atoms with Gasteiger partial charge in [-0.1, -0.05) is 37.7 Å². The molecule has 1 atom stereocenters. The summed E-state index contributed by atoms with van der Waals surface area (Å²) in [6, 6.07) is 8.39. The molecule has 1 heterocycles. The highest BCUT2D eigenvalue weighted by Crippen LogP contribution is 2.33. The molecule has 1 fully saturated rings. The van der Waals surface area contributed by atoms with Gasteiger partial charge in [0.15, 0.2) is 0 Å². The van der Waals surface area contributed by atoms with Crippen molar-refractivity contribution < 1.29 is 9.53 Å². The highest BCUT2D eigenvalue weighted by Gasteiger charge is 2.33. The number of hydrogen-bond donors (Lipinski definition) is 0. The molecule has 130 valence electrons. The maximum absolute atomic E-state index is 12.5. The van der Waals surface area contributed by atoms with Crippen LogP contribution >= 0.6 is 0 Å². The van der Waals surface area contributed by atoms with Crippen molar-refractivity contribution in [2.45, 2.75) is 64.9 Å². The standard InChI is InChI=1S/C20H29NO2Si/c1-20(2,3)23-19(22)21-13-8-11-18(21)17-10-7-9-16(15-17)12-14-24(4,5)6/h7,9-10,15,18H,8,11,13H2,1-6H3. The van der Waals surface area contributed by atoms with Crippen molar-refractivity contribution in [2.75, 3.05) is 6.54 Å². The summed E-state index contributed by atoms with van der Waals surface area (Å²) in [6.45, 7) is 13.2. The predicted octanol–water partition coefficient (Wildman–Crippen LogP) is 4.99. The van der Waals surface area contributed by atoms with Gasteiger partial charge >= 0.3 is 6.09 Å². The molecule has 0 aromatic heterocycles. The van der Waals surface area contributed by atoms with Crippen molar-refractivity contribution in [3.8, 4) is 11.5 Å². The molecular weight excluding hydrogens is 314 g/mol. The maximum Gasteiger partial charge on any atom is 0.410 e. The molecule has 1 amide bonds. The molecule has 1 unspecified atom stereocenters. The Morgan fingerprint density at radius 3 is 2.62 bits per heavy atom. The van der Waals surface area contributed by atoms with Crippen LogP contribution in [0, 0.1) is 11.5 Å². The zero-order chi connectivity index (χ0) is 18.0. The fourth-order valence-electron chi connectivity index (χ4n) is 2.74. The van der Waals surface area contributed by atoms with Crippen LogP contribution in [0.15, 0.2) is 24.3 Å². The van der Waals surface area contributed by atoms with Gasteiger partial charge in [-0.15, -0.1) is 5.54 Å². The molecule has 0 bridgehead atoms. The molecule has 0 radical (unpaired) electrons. The molecule has 1 aliphatic rings. The van der Waals surface area contributed by atoms with E-state index in [1.54, 1.807) is 0 Å². The topological polar surface area (TPSA) is 29.5 Å². The van der Waals surface area contributed by atoms with Gasteiger partial charge in [0.1, 0.15) is 13.7 Å². The lowest BCUT2D eigenvalue weighted by atomic mass is 10.0. The number of rotatable bonds is 1. The fourth-order valence-corrected chi connectivity index (χ4v) is 3.26. The maximum atomic E-state index is 12.5. The normalized spacial score (nSPS) is 18.1. The summed E-state index contributed by atoms with van der Waals surface area (Å²) in [6.07, 6.45) is 1.77. The van der Waals surface area contributed by atoms with E-state index < -0.39 is 13.7 Å². The average Bonchev–Trinajstić information content (AvgIpc) is 2.92. The zero-order valence-corrected chi connectivity index (χ0v) is 16.8. The Balaban J connectivity index is 2.20. The lowest BCUT2D eigenvalue weighted by molar-refractivity contribution is 0.0224. The summed E-state index contributed by atoms with van der Waals surface area (Å²) in [7, 11) is -1.39. The van der Waals surface area contributed by atoms with E-state index in [2.05, 4.69) is 43.2 Å². The van der Waals surface area contributed by atoms with Gasteiger partial charge in [0.05, 0.1) is 6.04 Å². The minimum atomic E-state index is -1.39. The largest absolute Gasteiger partial charge is 0.444 e. The third-order valence-corrected chi connectivity index (χ3v) is 4.61. The van der Waals surface area contributed by atoms with E-state index in [0.717, 1.165) is 30.5 Å². The molecule has 2 rings (SSSR count). The number of amides is 1. The molecule has 3 nitrogen and oxygen atoms in total. The van der Waals surface area contributed by atoms with Gasteiger partial charge in [-0.3, -0.25) is 0 Å². The Kier molecular flexibility index (Phi) is 5.44. The predicted molar refractivity (Wildman–Crippen MR) is 102 cm³/mol. The van der Waals surface area contributed by atoms with E-state index in [0.29, 0.717) is 0 Å². The number of ether oxygens (including phenoxy) is 1. The van der Waals surface area contributed by atoms with Crippen molar-refractivity contribution >= 4 is 14.2 Å². The molecule has 0 spiro atoms. The smallest absolute Gasteiger partial charge is 0.410 e. The molecule has 0 N–H and O–H groups in total. The van der Waals surface area contributed by atoms with Crippen molar-refractivity contribution in [2.24, 2.45) is 0 Å². The molecule has 0 aliphatic carbocycles. The number of carbonyl (C=O) groups excluding carboxylic acids is 1. The minimum Gasteiger partial charge on any atom is -0.444 e. The van der Waals surface area contributed by atoms with Gasteiger partial charge in [0.2, 0.25) is 0 Å². The van der Waals surface area contributed by atoms with Crippen LogP contribution in [0.4, 0.5) is 4.79 Å². The number of likely N-dealkylation sites (tertiary alicyclic amines) is 1.